The zero-order valence-electron chi connectivity index (χ0n) is 9.53. The summed E-state index contributed by atoms with van der Waals surface area (Å²) in [5.41, 5.74) is 2.46. The molecule has 2 aromatic carbocycles. The second kappa shape index (κ2) is 5.19. The maximum Gasteiger partial charge on any atom is 0.146 e. The molecule has 0 spiro atoms. The first-order chi connectivity index (χ1) is 8.24. The van der Waals surface area contributed by atoms with Gasteiger partial charge in [-0.3, -0.25) is 0 Å². The summed E-state index contributed by atoms with van der Waals surface area (Å²) < 4.78 is 13.7. The van der Waals surface area contributed by atoms with Crippen molar-refractivity contribution in [3.63, 3.8) is 0 Å². The van der Waals surface area contributed by atoms with Crippen LogP contribution in [0.3, 0.4) is 0 Å². The van der Waals surface area contributed by atoms with Crippen LogP contribution in [0.2, 0.25) is 0 Å². The van der Waals surface area contributed by atoms with Crippen LogP contribution in [0, 0.1) is 5.82 Å². The molecule has 3 heteroatoms. The third-order valence-corrected chi connectivity index (χ3v) is 3.00. The Morgan fingerprint density at radius 1 is 1.00 bits per heavy atom. The molecular weight excluding hydrogens is 237 g/mol. The Labute approximate surface area is 105 Å². The van der Waals surface area contributed by atoms with Gasteiger partial charge in [0.15, 0.2) is 0 Å². The molecule has 0 saturated heterocycles. The number of benzene rings is 2. The fourth-order valence-electron chi connectivity index (χ4n) is 1.80. The normalized spacial score (nSPS) is 10.3. The largest absolute Gasteiger partial charge is 0.342 e. The van der Waals surface area contributed by atoms with Crippen LogP contribution in [0.1, 0.15) is 5.56 Å². The summed E-state index contributed by atoms with van der Waals surface area (Å²) in [5, 5.41) is 0. The van der Waals surface area contributed by atoms with E-state index in [-0.39, 0.29) is 5.82 Å². The predicted octanol–water partition coefficient (Wildman–Crippen LogP) is 4.33. The summed E-state index contributed by atoms with van der Waals surface area (Å²) in [6.07, 6.45) is 0. The second-order valence-corrected chi connectivity index (χ2v) is 4.04. The van der Waals surface area contributed by atoms with Crippen LogP contribution >= 0.6 is 11.6 Å². The van der Waals surface area contributed by atoms with E-state index < -0.39 is 0 Å². The van der Waals surface area contributed by atoms with Gasteiger partial charge in [-0.2, -0.15) is 0 Å². The Bertz CT molecular complexity index is 513. The van der Waals surface area contributed by atoms with Gasteiger partial charge in [-0.05, 0) is 23.8 Å². The molecule has 0 saturated carbocycles. The molecule has 0 atom stereocenters. The number of nitrogens with zero attached hydrogens (tertiary/aromatic N) is 1. The van der Waals surface area contributed by atoms with Gasteiger partial charge in [-0.15, -0.1) is 11.6 Å². The van der Waals surface area contributed by atoms with Gasteiger partial charge < -0.3 is 4.90 Å². The second-order valence-electron chi connectivity index (χ2n) is 3.77. The van der Waals surface area contributed by atoms with E-state index in [0.717, 1.165) is 11.3 Å². The Morgan fingerprint density at radius 3 is 2.24 bits per heavy atom. The van der Waals surface area contributed by atoms with Crippen molar-refractivity contribution in [3.8, 4) is 0 Å². The van der Waals surface area contributed by atoms with Crippen LogP contribution in [0.5, 0.6) is 0 Å². The summed E-state index contributed by atoms with van der Waals surface area (Å²) in [6, 6.07) is 14.4. The minimum atomic E-state index is -0.237. The molecular formula is C14H13ClFN. The summed E-state index contributed by atoms with van der Waals surface area (Å²) in [5.74, 6) is 0.175. The molecule has 0 unspecified atom stereocenters. The molecule has 17 heavy (non-hydrogen) atoms. The summed E-state index contributed by atoms with van der Waals surface area (Å²) in [7, 11) is 1.84. The molecule has 0 fully saturated rings. The summed E-state index contributed by atoms with van der Waals surface area (Å²) >= 11 is 5.88. The van der Waals surface area contributed by atoms with Gasteiger partial charge in [0.1, 0.15) is 5.82 Å². The van der Waals surface area contributed by atoms with Crippen LogP contribution in [-0.4, -0.2) is 7.05 Å². The number of para-hydroxylation sites is 2. The van der Waals surface area contributed by atoms with Crippen LogP contribution in [-0.2, 0) is 5.88 Å². The predicted molar refractivity (Wildman–Crippen MR) is 70.5 cm³/mol. The zero-order chi connectivity index (χ0) is 12.3. The van der Waals surface area contributed by atoms with E-state index in [1.54, 1.807) is 12.1 Å². The highest BCUT2D eigenvalue weighted by Crippen LogP contribution is 2.29. The molecule has 0 aromatic heterocycles. The lowest BCUT2D eigenvalue weighted by Gasteiger charge is -2.22. The van der Waals surface area contributed by atoms with Crippen molar-refractivity contribution in [2.45, 2.75) is 5.88 Å². The van der Waals surface area contributed by atoms with Gasteiger partial charge in [-0.1, -0.05) is 30.3 Å². The fraction of sp³-hybridized carbons (Fsp3) is 0.143. The fourth-order valence-corrected chi connectivity index (χ4v) is 2.03. The third-order valence-electron chi connectivity index (χ3n) is 2.71. The average Bonchev–Trinajstić information content (AvgIpc) is 2.38. The molecule has 1 nitrogen and oxygen atoms in total. The molecule has 0 N–H and O–H groups in total. The van der Waals surface area contributed by atoms with Crippen molar-refractivity contribution in [1.29, 1.82) is 0 Å². The molecule has 0 aliphatic rings. The van der Waals surface area contributed by atoms with E-state index in [2.05, 4.69) is 0 Å². The molecule has 2 rings (SSSR count). The van der Waals surface area contributed by atoms with E-state index >= 15 is 0 Å². The van der Waals surface area contributed by atoms with E-state index in [0.29, 0.717) is 11.6 Å². The van der Waals surface area contributed by atoms with Crippen LogP contribution in [0.15, 0.2) is 48.5 Å². The monoisotopic (exact) mass is 249 g/mol. The van der Waals surface area contributed by atoms with Crippen molar-refractivity contribution in [2.24, 2.45) is 0 Å². The molecule has 88 valence electrons. The van der Waals surface area contributed by atoms with Crippen LogP contribution in [0.4, 0.5) is 15.8 Å². The molecule has 0 radical (unpaired) electrons. The van der Waals surface area contributed by atoms with Crippen molar-refractivity contribution in [2.75, 3.05) is 11.9 Å². The van der Waals surface area contributed by atoms with Crippen molar-refractivity contribution < 1.29 is 4.39 Å². The Balaban J connectivity index is 2.44. The maximum absolute atomic E-state index is 13.7. The third kappa shape index (κ3) is 2.42. The lowest BCUT2D eigenvalue weighted by atomic mass is 10.1. The molecule has 2 aromatic rings. The van der Waals surface area contributed by atoms with Crippen LogP contribution in [0.25, 0.3) is 0 Å². The van der Waals surface area contributed by atoms with Gasteiger partial charge in [0.05, 0.1) is 5.69 Å². The molecule has 0 amide bonds. The van der Waals surface area contributed by atoms with Gasteiger partial charge in [-0.25, -0.2) is 4.39 Å². The minimum absolute atomic E-state index is 0.237. The number of halogens is 2. The highest BCUT2D eigenvalue weighted by Gasteiger charge is 2.11. The Kier molecular flexibility index (Phi) is 3.64. The molecule has 0 aliphatic heterocycles. The number of rotatable bonds is 3. The molecule has 0 heterocycles. The van der Waals surface area contributed by atoms with E-state index in [1.165, 1.54) is 6.07 Å². The minimum Gasteiger partial charge on any atom is -0.342 e. The van der Waals surface area contributed by atoms with Crippen molar-refractivity contribution in [1.82, 2.24) is 0 Å². The van der Waals surface area contributed by atoms with E-state index in [4.69, 9.17) is 11.6 Å². The van der Waals surface area contributed by atoms with Gasteiger partial charge >= 0.3 is 0 Å². The quantitative estimate of drug-likeness (QED) is 0.732. The topological polar surface area (TPSA) is 3.24 Å². The number of anilines is 2. The Hall–Kier alpha value is -1.54. The molecule has 0 bridgehead atoms. The van der Waals surface area contributed by atoms with Crippen molar-refractivity contribution in [3.05, 3.63) is 59.9 Å². The highest BCUT2D eigenvalue weighted by atomic mass is 35.5. The lowest BCUT2D eigenvalue weighted by molar-refractivity contribution is 0.627. The number of hydrogen-bond donors (Lipinski definition) is 0. The first-order valence-corrected chi connectivity index (χ1v) is 5.89. The van der Waals surface area contributed by atoms with Crippen molar-refractivity contribution >= 4 is 23.0 Å². The van der Waals surface area contributed by atoms with Gasteiger partial charge in [0.2, 0.25) is 0 Å². The SMILES string of the molecule is CN(c1ccccc1F)c1ccccc1CCl. The highest BCUT2D eigenvalue weighted by molar-refractivity contribution is 6.17. The first kappa shape index (κ1) is 11.9. The van der Waals surface area contributed by atoms with E-state index in [9.17, 15) is 4.39 Å². The standard InChI is InChI=1S/C14H13ClFN/c1-17(14-9-5-3-7-12(14)16)13-8-4-2-6-11(13)10-15/h2-9H,10H2,1H3. The first-order valence-electron chi connectivity index (χ1n) is 5.36. The smallest absolute Gasteiger partial charge is 0.146 e. The average molecular weight is 250 g/mol. The van der Waals surface area contributed by atoms with Gasteiger partial charge in [0.25, 0.3) is 0 Å². The summed E-state index contributed by atoms with van der Waals surface area (Å²) in [4.78, 5) is 1.81. The maximum atomic E-state index is 13.7. The number of alkyl halides is 1. The lowest BCUT2D eigenvalue weighted by Crippen LogP contribution is -2.12. The Morgan fingerprint density at radius 2 is 1.59 bits per heavy atom. The number of hydrogen-bond acceptors (Lipinski definition) is 1. The zero-order valence-corrected chi connectivity index (χ0v) is 10.3. The molecule has 0 aliphatic carbocycles. The van der Waals surface area contributed by atoms with Crippen LogP contribution < -0.4 is 4.90 Å². The van der Waals surface area contributed by atoms with E-state index in [1.807, 2.05) is 42.3 Å². The van der Waals surface area contributed by atoms with Gasteiger partial charge in [0, 0.05) is 18.6 Å². The summed E-state index contributed by atoms with van der Waals surface area (Å²) in [6.45, 7) is 0.